The number of hydrogen-bond donors (Lipinski definition) is 1. The van der Waals surface area contributed by atoms with E-state index in [1.807, 2.05) is 30.3 Å². The molecule has 0 unspecified atom stereocenters. The minimum absolute atomic E-state index is 0.108. The Labute approximate surface area is 183 Å². The average Bonchev–Trinajstić information content (AvgIpc) is 3.14. The highest BCUT2D eigenvalue weighted by molar-refractivity contribution is 7.17. The molecule has 0 saturated carbocycles. The zero-order valence-corrected chi connectivity index (χ0v) is 18.0. The maximum Gasteiger partial charge on any atom is 0.341 e. The van der Waals surface area contributed by atoms with Crippen molar-refractivity contribution in [1.29, 1.82) is 0 Å². The Balaban J connectivity index is 1.61. The van der Waals surface area contributed by atoms with Gasteiger partial charge in [-0.25, -0.2) is 9.48 Å². The van der Waals surface area contributed by atoms with Crippen molar-refractivity contribution in [2.45, 2.75) is 39.2 Å². The summed E-state index contributed by atoms with van der Waals surface area (Å²) in [5.74, 6) is -0.884. The third-order valence-corrected chi connectivity index (χ3v) is 6.36. The van der Waals surface area contributed by atoms with E-state index in [1.165, 1.54) is 28.2 Å². The number of rotatable bonds is 6. The van der Waals surface area contributed by atoms with Gasteiger partial charge in [-0.15, -0.1) is 11.3 Å². The molecule has 0 bridgehead atoms. The molecule has 7 nitrogen and oxygen atoms in total. The summed E-state index contributed by atoms with van der Waals surface area (Å²) in [6.45, 7) is 2.29. The van der Waals surface area contributed by atoms with Crippen LogP contribution in [0.25, 0.3) is 0 Å². The van der Waals surface area contributed by atoms with Gasteiger partial charge in [-0.2, -0.15) is 5.10 Å². The number of nitrogens with zero attached hydrogens (tertiary/aromatic N) is 2. The summed E-state index contributed by atoms with van der Waals surface area (Å²) >= 11 is 1.42. The van der Waals surface area contributed by atoms with Crippen LogP contribution in [0.4, 0.5) is 5.00 Å². The largest absolute Gasteiger partial charge is 0.462 e. The number of ether oxygens (including phenoxy) is 1. The van der Waals surface area contributed by atoms with E-state index in [9.17, 15) is 14.4 Å². The summed E-state index contributed by atoms with van der Waals surface area (Å²) in [7, 11) is 0. The Bertz CT molecular complexity index is 1170. The van der Waals surface area contributed by atoms with Crippen LogP contribution >= 0.6 is 11.3 Å². The van der Waals surface area contributed by atoms with Crippen molar-refractivity contribution in [3.63, 3.8) is 0 Å². The third-order valence-electron chi connectivity index (χ3n) is 5.15. The number of benzene rings is 1. The number of carbonyl (C=O) groups is 2. The molecule has 2 aromatic heterocycles. The van der Waals surface area contributed by atoms with Crippen LogP contribution < -0.4 is 10.9 Å². The van der Waals surface area contributed by atoms with Crippen molar-refractivity contribution < 1.29 is 14.3 Å². The lowest BCUT2D eigenvalue weighted by atomic mass is 9.95. The predicted molar refractivity (Wildman–Crippen MR) is 119 cm³/mol. The molecule has 1 amide bonds. The van der Waals surface area contributed by atoms with Crippen LogP contribution in [0.5, 0.6) is 0 Å². The topological polar surface area (TPSA) is 90.3 Å². The highest BCUT2D eigenvalue weighted by Gasteiger charge is 2.27. The molecule has 1 aliphatic rings. The Morgan fingerprint density at radius 3 is 2.68 bits per heavy atom. The molecule has 0 atom stereocenters. The molecule has 0 radical (unpaired) electrons. The van der Waals surface area contributed by atoms with Gasteiger partial charge in [-0.05, 0) is 49.8 Å². The van der Waals surface area contributed by atoms with Crippen LogP contribution in [0.15, 0.2) is 47.3 Å². The van der Waals surface area contributed by atoms with Crippen molar-refractivity contribution in [2.75, 3.05) is 11.9 Å². The first-order valence-corrected chi connectivity index (χ1v) is 11.1. The molecule has 1 N–H and O–H groups in total. The zero-order valence-electron chi connectivity index (χ0n) is 17.2. The van der Waals surface area contributed by atoms with E-state index in [4.69, 9.17) is 4.74 Å². The number of aryl methyl sites for hydroxylation is 1. The van der Waals surface area contributed by atoms with E-state index in [0.29, 0.717) is 10.6 Å². The van der Waals surface area contributed by atoms with Crippen molar-refractivity contribution in [3.05, 3.63) is 80.1 Å². The van der Waals surface area contributed by atoms with Gasteiger partial charge in [-0.1, -0.05) is 30.3 Å². The molecular formula is C23H23N3O4S. The molecule has 0 saturated heterocycles. The summed E-state index contributed by atoms with van der Waals surface area (Å²) in [5, 5.41) is 7.56. The van der Waals surface area contributed by atoms with Crippen LogP contribution in [-0.4, -0.2) is 28.3 Å². The number of nitrogens with one attached hydrogen (secondary N) is 1. The molecule has 2 heterocycles. The number of esters is 1. The minimum Gasteiger partial charge on any atom is -0.462 e. The van der Waals surface area contributed by atoms with Gasteiger partial charge in [0, 0.05) is 10.9 Å². The Morgan fingerprint density at radius 1 is 1.13 bits per heavy atom. The number of thiophene rings is 1. The third kappa shape index (κ3) is 4.59. The first-order chi connectivity index (χ1) is 15.1. The number of hydrogen-bond acceptors (Lipinski definition) is 6. The Hall–Kier alpha value is -3.26. The number of aromatic nitrogens is 2. The number of amides is 1. The molecule has 0 fully saturated rings. The summed E-state index contributed by atoms with van der Waals surface area (Å²) in [6.07, 6.45) is 3.77. The summed E-state index contributed by atoms with van der Waals surface area (Å²) in [5.41, 5.74) is 2.15. The summed E-state index contributed by atoms with van der Waals surface area (Å²) in [4.78, 5) is 38.9. The van der Waals surface area contributed by atoms with Crippen LogP contribution in [0.1, 0.15) is 56.6 Å². The SMILES string of the molecule is CCOC(=O)c1c(NC(=O)c2ccc(=O)n(Cc3ccccc3)n2)sc2c1CCCC2. The fraction of sp³-hybridized carbons (Fsp3) is 0.304. The van der Waals surface area contributed by atoms with Gasteiger partial charge in [0.05, 0.1) is 18.7 Å². The van der Waals surface area contributed by atoms with E-state index in [1.54, 1.807) is 6.92 Å². The van der Waals surface area contributed by atoms with Gasteiger partial charge in [0.1, 0.15) is 10.7 Å². The molecule has 160 valence electrons. The van der Waals surface area contributed by atoms with Gasteiger partial charge in [-0.3, -0.25) is 9.59 Å². The average molecular weight is 438 g/mol. The second-order valence-electron chi connectivity index (χ2n) is 7.29. The molecule has 1 aromatic carbocycles. The van der Waals surface area contributed by atoms with Crippen LogP contribution in [-0.2, 0) is 24.1 Å². The fourth-order valence-corrected chi connectivity index (χ4v) is 4.95. The van der Waals surface area contributed by atoms with Gasteiger partial charge >= 0.3 is 5.97 Å². The monoisotopic (exact) mass is 437 g/mol. The van der Waals surface area contributed by atoms with Crippen LogP contribution in [0.2, 0.25) is 0 Å². The highest BCUT2D eigenvalue weighted by Crippen LogP contribution is 2.38. The molecule has 0 spiro atoms. The molecule has 4 rings (SSSR count). The number of anilines is 1. The maximum absolute atomic E-state index is 12.9. The van der Waals surface area contributed by atoms with Gasteiger partial charge in [0.15, 0.2) is 0 Å². The number of carbonyl (C=O) groups excluding carboxylic acids is 2. The summed E-state index contributed by atoms with van der Waals surface area (Å²) in [6, 6.07) is 12.2. The van der Waals surface area contributed by atoms with Crippen LogP contribution in [0, 0.1) is 0 Å². The van der Waals surface area contributed by atoms with E-state index in [2.05, 4.69) is 10.4 Å². The Kier molecular flexibility index (Phi) is 6.27. The summed E-state index contributed by atoms with van der Waals surface area (Å²) < 4.78 is 6.50. The molecule has 3 aromatic rings. The first kappa shape index (κ1) is 21.0. The maximum atomic E-state index is 12.9. The van der Waals surface area contributed by atoms with Crippen LogP contribution in [0.3, 0.4) is 0 Å². The second kappa shape index (κ2) is 9.26. The van der Waals surface area contributed by atoms with Gasteiger partial charge in [0.2, 0.25) is 0 Å². The molecular weight excluding hydrogens is 414 g/mol. The van der Waals surface area contributed by atoms with Crippen molar-refractivity contribution in [3.8, 4) is 0 Å². The van der Waals surface area contributed by atoms with Gasteiger partial charge < -0.3 is 10.1 Å². The van der Waals surface area contributed by atoms with E-state index < -0.39 is 11.9 Å². The standard InChI is InChI=1S/C23H23N3O4S/c1-2-30-23(29)20-16-10-6-7-11-18(16)31-22(20)24-21(28)17-12-13-19(27)26(25-17)14-15-8-4-3-5-9-15/h3-5,8-9,12-13H,2,6-7,10-11,14H2,1H3,(H,24,28). The quantitative estimate of drug-likeness (QED) is 0.595. The molecule has 0 aliphatic heterocycles. The number of fused-ring (bicyclic) bond motifs is 1. The minimum atomic E-state index is -0.467. The lowest BCUT2D eigenvalue weighted by Gasteiger charge is -2.12. The van der Waals surface area contributed by atoms with E-state index >= 15 is 0 Å². The smallest absolute Gasteiger partial charge is 0.341 e. The van der Waals surface area contributed by atoms with Crippen molar-refractivity contribution >= 4 is 28.2 Å². The zero-order chi connectivity index (χ0) is 21.8. The predicted octanol–water partition coefficient (Wildman–Crippen LogP) is 3.66. The lowest BCUT2D eigenvalue weighted by molar-refractivity contribution is 0.0526. The molecule has 1 aliphatic carbocycles. The van der Waals surface area contributed by atoms with Crippen molar-refractivity contribution in [2.24, 2.45) is 0 Å². The van der Waals surface area contributed by atoms with E-state index in [-0.39, 0.29) is 24.4 Å². The molecule has 8 heteroatoms. The lowest BCUT2D eigenvalue weighted by Crippen LogP contribution is -2.26. The highest BCUT2D eigenvalue weighted by atomic mass is 32.1. The second-order valence-corrected chi connectivity index (χ2v) is 8.39. The fourth-order valence-electron chi connectivity index (χ4n) is 3.68. The van der Waals surface area contributed by atoms with Crippen molar-refractivity contribution in [1.82, 2.24) is 9.78 Å². The normalized spacial score (nSPS) is 12.8. The van der Waals surface area contributed by atoms with E-state index in [0.717, 1.165) is 41.7 Å². The first-order valence-electron chi connectivity index (χ1n) is 10.3. The Morgan fingerprint density at radius 2 is 1.90 bits per heavy atom. The van der Waals surface area contributed by atoms with Gasteiger partial charge in [0.25, 0.3) is 11.5 Å². The molecule has 31 heavy (non-hydrogen) atoms.